The Bertz CT molecular complexity index is 268. The van der Waals surface area contributed by atoms with Crippen LogP contribution in [0.15, 0.2) is 0 Å². The van der Waals surface area contributed by atoms with Crippen molar-refractivity contribution >= 4 is 11.9 Å². The molecule has 0 saturated heterocycles. The second-order valence-electron chi connectivity index (χ2n) is 5.08. The van der Waals surface area contributed by atoms with Crippen molar-refractivity contribution < 1.29 is 19.1 Å². The number of nitrogens with one attached hydrogen (secondary N) is 1. The van der Waals surface area contributed by atoms with Crippen LogP contribution in [-0.4, -0.2) is 36.7 Å². The molecule has 0 aliphatic heterocycles. The lowest BCUT2D eigenvalue weighted by Crippen LogP contribution is -2.38. The van der Waals surface area contributed by atoms with Gasteiger partial charge in [-0.25, -0.2) is 0 Å². The number of amides is 1. The van der Waals surface area contributed by atoms with Crippen molar-refractivity contribution in [3.63, 3.8) is 0 Å². The number of hydrogen-bond donors (Lipinski definition) is 1. The summed E-state index contributed by atoms with van der Waals surface area (Å²) in [5.74, 6) is -0.753. The molecule has 0 aliphatic carbocycles. The number of rotatable bonds is 5. The molecular formula is C12H23NO4. The van der Waals surface area contributed by atoms with Crippen LogP contribution in [0.3, 0.4) is 0 Å². The minimum absolute atomic E-state index is 0.0743. The van der Waals surface area contributed by atoms with Gasteiger partial charge in [-0.1, -0.05) is 0 Å². The van der Waals surface area contributed by atoms with Crippen LogP contribution in [0.1, 0.15) is 41.0 Å². The molecule has 0 fully saturated rings. The molecule has 5 heteroatoms. The topological polar surface area (TPSA) is 64.6 Å². The summed E-state index contributed by atoms with van der Waals surface area (Å²) in [4.78, 5) is 23.1. The quantitative estimate of drug-likeness (QED) is 0.741. The largest absolute Gasteiger partial charge is 0.460 e. The summed E-state index contributed by atoms with van der Waals surface area (Å²) in [5.41, 5.74) is -0.553. The molecule has 0 unspecified atom stereocenters. The van der Waals surface area contributed by atoms with Gasteiger partial charge >= 0.3 is 5.97 Å². The molecule has 0 aliphatic rings. The number of ether oxygens (including phenoxy) is 2. The van der Waals surface area contributed by atoms with E-state index in [1.807, 2.05) is 13.8 Å². The number of hydrogen-bond acceptors (Lipinski definition) is 4. The minimum Gasteiger partial charge on any atom is -0.460 e. The predicted octanol–water partition coefficient (Wildman–Crippen LogP) is 1.26. The van der Waals surface area contributed by atoms with Gasteiger partial charge in [0.25, 0.3) is 0 Å². The molecule has 0 aromatic rings. The SMILES string of the molecule is CNC(=O)[C@H](CC(=O)OC(C)(C)C)OC(C)C. The van der Waals surface area contributed by atoms with E-state index in [4.69, 9.17) is 9.47 Å². The van der Waals surface area contributed by atoms with E-state index < -0.39 is 17.7 Å². The highest BCUT2D eigenvalue weighted by atomic mass is 16.6. The van der Waals surface area contributed by atoms with Crippen molar-refractivity contribution in [1.29, 1.82) is 0 Å². The van der Waals surface area contributed by atoms with Crippen LogP contribution < -0.4 is 5.32 Å². The zero-order valence-electron chi connectivity index (χ0n) is 11.5. The highest BCUT2D eigenvalue weighted by molar-refractivity contribution is 5.85. The van der Waals surface area contributed by atoms with E-state index in [1.54, 1.807) is 20.8 Å². The molecule has 17 heavy (non-hydrogen) atoms. The summed E-state index contributed by atoms with van der Waals surface area (Å²) in [5, 5.41) is 2.47. The van der Waals surface area contributed by atoms with Crippen molar-refractivity contribution in [1.82, 2.24) is 5.32 Å². The summed E-state index contributed by atoms with van der Waals surface area (Å²) >= 11 is 0. The fourth-order valence-corrected chi connectivity index (χ4v) is 1.23. The molecule has 0 spiro atoms. The van der Waals surface area contributed by atoms with E-state index in [1.165, 1.54) is 7.05 Å². The van der Waals surface area contributed by atoms with Gasteiger partial charge in [0.2, 0.25) is 5.91 Å². The van der Waals surface area contributed by atoms with Gasteiger partial charge in [0, 0.05) is 7.05 Å². The molecule has 0 rings (SSSR count). The lowest BCUT2D eigenvalue weighted by molar-refractivity contribution is -0.161. The van der Waals surface area contributed by atoms with Crippen molar-refractivity contribution in [2.75, 3.05) is 7.05 Å². The van der Waals surface area contributed by atoms with E-state index in [9.17, 15) is 9.59 Å². The fraction of sp³-hybridized carbons (Fsp3) is 0.833. The number of likely N-dealkylation sites (N-methyl/N-ethyl adjacent to an activating group) is 1. The summed E-state index contributed by atoms with van der Waals surface area (Å²) in [6.07, 6.45) is -0.996. The first kappa shape index (κ1) is 15.9. The second kappa shape index (κ2) is 6.59. The van der Waals surface area contributed by atoms with Gasteiger partial charge < -0.3 is 14.8 Å². The van der Waals surface area contributed by atoms with Crippen molar-refractivity contribution in [3.05, 3.63) is 0 Å². The number of esters is 1. The number of carbonyl (C=O) groups excluding carboxylic acids is 2. The maximum absolute atomic E-state index is 11.6. The summed E-state index contributed by atoms with van der Waals surface area (Å²) in [7, 11) is 1.51. The van der Waals surface area contributed by atoms with E-state index in [0.29, 0.717) is 0 Å². The van der Waals surface area contributed by atoms with Gasteiger partial charge in [0.1, 0.15) is 11.7 Å². The Morgan fingerprint density at radius 3 is 2.12 bits per heavy atom. The van der Waals surface area contributed by atoms with E-state index in [-0.39, 0.29) is 18.4 Å². The van der Waals surface area contributed by atoms with E-state index >= 15 is 0 Å². The van der Waals surface area contributed by atoms with Crippen LogP contribution in [0.4, 0.5) is 0 Å². The molecule has 1 atom stereocenters. The summed E-state index contributed by atoms with van der Waals surface area (Å²) in [6.45, 7) is 8.96. The Morgan fingerprint density at radius 2 is 1.76 bits per heavy atom. The van der Waals surface area contributed by atoms with Crippen molar-refractivity contribution in [3.8, 4) is 0 Å². The third kappa shape index (κ3) is 7.74. The molecule has 5 nitrogen and oxygen atoms in total. The lowest BCUT2D eigenvalue weighted by atomic mass is 10.2. The van der Waals surface area contributed by atoms with Crippen LogP contribution in [-0.2, 0) is 19.1 Å². The van der Waals surface area contributed by atoms with Crippen LogP contribution in [0.5, 0.6) is 0 Å². The monoisotopic (exact) mass is 245 g/mol. The standard InChI is InChI=1S/C12H23NO4/c1-8(2)16-9(11(15)13-6)7-10(14)17-12(3,4)5/h8-9H,7H2,1-6H3,(H,13,15)/t9-/m0/s1. The maximum atomic E-state index is 11.6. The smallest absolute Gasteiger partial charge is 0.309 e. The van der Waals surface area contributed by atoms with E-state index in [0.717, 1.165) is 0 Å². The first-order valence-corrected chi connectivity index (χ1v) is 5.74. The Labute approximate surface area is 103 Å². The zero-order chi connectivity index (χ0) is 13.6. The van der Waals surface area contributed by atoms with Gasteiger partial charge in [-0.15, -0.1) is 0 Å². The first-order valence-electron chi connectivity index (χ1n) is 5.74. The molecule has 1 amide bonds. The first-order chi connectivity index (χ1) is 7.65. The highest BCUT2D eigenvalue weighted by Crippen LogP contribution is 2.11. The maximum Gasteiger partial charge on any atom is 0.309 e. The summed E-state index contributed by atoms with van der Waals surface area (Å²) in [6, 6.07) is 0. The average Bonchev–Trinajstić information content (AvgIpc) is 2.11. The normalized spacial score (nSPS) is 13.4. The van der Waals surface area contributed by atoms with Crippen LogP contribution >= 0.6 is 0 Å². The van der Waals surface area contributed by atoms with Crippen LogP contribution in [0, 0.1) is 0 Å². The van der Waals surface area contributed by atoms with E-state index in [2.05, 4.69) is 5.32 Å². The molecule has 100 valence electrons. The molecule has 0 aromatic heterocycles. The van der Waals surface area contributed by atoms with Gasteiger partial charge in [-0.05, 0) is 34.6 Å². The molecule has 0 aromatic carbocycles. The van der Waals surface area contributed by atoms with Crippen LogP contribution in [0.25, 0.3) is 0 Å². The third-order valence-electron chi connectivity index (χ3n) is 1.75. The highest BCUT2D eigenvalue weighted by Gasteiger charge is 2.26. The third-order valence-corrected chi connectivity index (χ3v) is 1.75. The molecular weight excluding hydrogens is 222 g/mol. The fourth-order valence-electron chi connectivity index (χ4n) is 1.23. The van der Waals surface area contributed by atoms with Crippen molar-refractivity contribution in [2.24, 2.45) is 0 Å². The Kier molecular flexibility index (Phi) is 6.16. The van der Waals surface area contributed by atoms with Gasteiger partial charge in [-0.2, -0.15) is 0 Å². The van der Waals surface area contributed by atoms with Gasteiger partial charge in [0.05, 0.1) is 12.5 Å². The van der Waals surface area contributed by atoms with Crippen LogP contribution in [0.2, 0.25) is 0 Å². The molecule has 0 bridgehead atoms. The zero-order valence-corrected chi connectivity index (χ0v) is 11.5. The predicted molar refractivity (Wildman–Crippen MR) is 64.5 cm³/mol. The average molecular weight is 245 g/mol. The van der Waals surface area contributed by atoms with Gasteiger partial charge in [-0.3, -0.25) is 9.59 Å². The molecule has 1 N–H and O–H groups in total. The molecule has 0 heterocycles. The Hall–Kier alpha value is -1.10. The minimum atomic E-state index is -0.796. The summed E-state index contributed by atoms with van der Waals surface area (Å²) < 4.78 is 10.5. The Balaban J connectivity index is 4.43. The molecule has 0 saturated carbocycles. The lowest BCUT2D eigenvalue weighted by Gasteiger charge is -2.22. The van der Waals surface area contributed by atoms with Gasteiger partial charge in [0.15, 0.2) is 0 Å². The Morgan fingerprint density at radius 1 is 1.24 bits per heavy atom. The molecule has 0 radical (unpaired) electrons. The number of carbonyl (C=O) groups is 2. The van der Waals surface area contributed by atoms with Crippen molar-refractivity contribution in [2.45, 2.75) is 58.8 Å². The second-order valence-corrected chi connectivity index (χ2v) is 5.08.